The highest BCUT2D eigenvalue weighted by Crippen LogP contribution is 2.51. The molecular weight excluding hydrogens is 282 g/mol. The van der Waals surface area contributed by atoms with Crippen LogP contribution in [0.1, 0.15) is 34.1 Å². The van der Waals surface area contributed by atoms with Gasteiger partial charge in [-0.05, 0) is 32.6 Å². The molecule has 1 aliphatic carbocycles. The predicted octanol–water partition coefficient (Wildman–Crippen LogP) is 3.58. The molecule has 3 nitrogen and oxygen atoms in total. The van der Waals surface area contributed by atoms with Crippen LogP contribution >= 0.6 is 15.9 Å². The minimum absolute atomic E-state index is 0.180. The van der Waals surface area contributed by atoms with Crippen molar-refractivity contribution in [2.45, 2.75) is 44.5 Å². The molecule has 1 rings (SSSR count). The molecule has 0 heterocycles. The maximum atomic E-state index is 12.0. The molecule has 17 heavy (non-hydrogen) atoms. The van der Waals surface area contributed by atoms with E-state index in [0.29, 0.717) is 17.9 Å². The third-order valence-electron chi connectivity index (χ3n) is 2.79. The molecule has 0 bridgehead atoms. The van der Waals surface area contributed by atoms with E-state index >= 15 is 0 Å². The Balaban J connectivity index is 2.59. The number of carbonyl (C=O) groups is 1. The standard InChI is InChI=1S/C13H22BrNO2/c1-6-7-15(9-13(5)8-10(13)14)11(16)17-12(2,3)4/h6,10H,1,7-9H2,2-5H3/t10?,13-/m0/s1. The van der Waals surface area contributed by atoms with Crippen molar-refractivity contribution in [3.63, 3.8) is 0 Å². The summed E-state index contributed by atoms with van der Waals surface area (Å²) in [4.78, 5) is 14.2. The van der Waals surface area contributed by atoms with Crippen LogP contribution in [-0.4, -0.2) is 34.5 Å². The molecule has 1 aliphatic rings. The summed E-state index contributed by atoms with van der Waals surface area (Å²) in [5, 5.41) is 0. The van der Waals surface area contributed by atoms with Crippen molar-refractivity contribution in [3.8, 4) is 0 Å². The average molecular weight is 304 g/mol. The van der Waals surface area contributed by atoms with Gasteiger partial charge in [-0.25, -0.2) is 4.79 Å². The van der Waals surface area contributed by atoms with Crippen LogP contribution in [0.25, 0.3) is 0 Å². The molecule has 0 aromatic rings. The highest BCUT2D eigenvalue weighted by molar-refractivity contribution is 9.09. The lowest BCUT2D eigenvalue weighted by molar-refractivity contribution is 0.0240. The second-order valence-corrected chi connectivity index (χ2v) is 7.08. The zero-order chi connectivity index (χ0) is 13.3. The summed E-state index contributed by atoms with van der Waals surface area (Å²) in [6, 6.07) is 0. The van der Waals surface area contributed by atoms with Crippen LogP contribution in [0.3, 0.4) is 0 Å². The summed E-state index contributed by atoms with van der Waals surface area (Å²) in [7, 11) is 0. The van der Waals surface area contributed by atoms with E-state index in [-0.39, 0.29) is 11.5 Å². The first-order valence-electron chi connectivity index (χ1n) is 5.91. The summed E-state index contributed by atoms with van der Waals surface area (Å²) in [5.74, 6) is 0. The van der Waals surface area contributed by atoms with Gasteiger partial charge in [-0.1, -0.05) is 28.9 Å². The number of halogens is 1. The molecule has 4 heteroatoms. The van der Waals surface area contributed by atoms with Crippen molar-refractivity contribution in [3.05, 3.63) is 12.7 Å². The Kier molecular flexibility index (Phi) is 4.28. The summed E-state index contributed by atoms with van der Waals surface area (Å²) in [5.41, 5.74) is -0.269. The number of hydrogen-bond donors (Lipinski definition) is 0. The number of rotatable bonds is 4. The van der Waals surface area contributed by atoms with Crippen LogP contribution < -0.4 is 0 Å². The minimum atomic E-state index is -0.450. The van der Waals surface area contributed by atoms with Crippen molar-refractivity contribution < 1.29 is 9.53 Å². The number of amides is 1. The molecule has 1 amide bonds. The van der Waals surface area contributed by atoms with Gasteiger partial charge < -0.3 is 9.64 Å². The third kappa shape index (κ3) is 4.34. The summed E-state index contributed by atoms with van der Waals surface area (Å²) < 4.78 is 5.39. The largest absolute Gasteiger partial charge is 0.444 e. The molecule has 0 aromatic carbocycles. The second-order valence-electron chi connectivity index (χ2n) is 5.98. The molecule has 2 atom stereocenters. The highest BCUT2D eigenvalue weighted by Gasteiger charge is 2.50. The molecule has 0 N–H and O–H groups in total. The molecule has 0 spiro atoms. The van der Waals surface area contributed by atoms with Gasteiger partial charge in [0.25, 0.3) is 0 Å². The van der Waals surface area contributed by atoms with Crippen molar-refractivity contribution in [1.29, 1.82) is 0 Å². The highest BCUT2D eigenvalue weighted by atomic mass is 79.9. The molecule has 0 aromatic heterocycles. The number of carbonyl (C=O) groups excluding carboxylic acids is 1. The van der Waals surface area contributed by atoms with Gasteiger partial charge in [0.05, 0.1) is 0 Å². The van der Waals surface area contributed by atoms with Gasteiger partial charge in [0.15, 0.2) is 0 Å². The monoisotopic (exact) mass is 303 g/mol. The molecule has 0 aliphatic heterocycles. The van der Waals surface area contributed by atoms with E-state index in [2.05, 4.69) is 29.4 Å². The Morgan fingerprint density at radius 2 is 2.18 bits per heavy atom. The van der Waals surface area contributed by atoms with E-state index in [9.17, 15) is 4.79 Å². The summed E-state index contributed by atoms with van der Waals surface area (Å²) in [6.45, 7) is 12.7. The van der Waals surface area contributed by atoms with Gasteiger partial charge in [-0.3, -0.25) is 0 Å². The molecule has 1 fully saturated rings. The number of hydrogen-bond acceptors (Lipinski definition) is 2. The van der Waals surface area contributed by atoms with Gasteiger partial charge in [0, 0.05) is 17.9 Å². The molecular formula is C13H22BrNO2. The lowest BCUT2D eigenvalue weighted by Crippen LogP contribution is -2.40. The Bertz CT molecular complexity index is 311. The van der Waals surface area contributed by atoms with Gasteiger partial charge in [-0.15, -0.1) is 6.58 Å². The minimum Gasteiger partial charge on any atom is -0.444 e. The normalized spacial score (nSPS) is 27.5. The smallest absolute Gasteiger partial charge is 0.410 e. The summed E-state index contributed by atoms with van der Waals surface area (Å²) >= 11 is 3.59. The van der Waals surface area contributed by atoms with Crippen LogP contribution in [0.5, 0.6) is 0 Å². The van der Waals surface area contributed by atoms with E-state index in [0.717, 1.165) is 6.42 Å². The Labute approximate surface area is 112 Å². The van der Waals surface area contributed by atoms with E-state index in [4.69, 9.17) is 4.74 Å². The van der Waals surface area contributed by atoms with Gasteiger partial charge >= 0.3 is 6.09 Å². The molecule has 0 radical (unpaired) electrons. The Morgan fingerprint density at radius 1 is 1.65 bits per heavy atom. The Morgan fingerprint density at radius 3 is 2.53 bits per heavy atom. The third-order valence-corrected chi connectivity index (χ3v) is 4.22. The first-order valence-corrected chi connectivity index (χ1v) is 6.82. The van der Waals surface area contributed by atoms with Gasteiger partial charge in [0.2, 0.25) is 0 Å². The number of ether oxygens (including phenoxy) is 1. The van der Waals surface area contributed by atoms with E-state index in [1.807, 2.05) is 20.8 Å². The van der Waals surface area contributed by atoms with Crippen LogP contribution in [-0.2, 0) is 4.74 Å². The fraction of sp³-hybridized carbons (Fsp3) is 0.769. The van der Waals surface area contributed by atoms with Crippen molar-refractivity contribution in [2.75, 3.05) is 13.1 Å². The van der Waals surface area contributed by atoms with E-state index < -0.39 is 5.60 Å². The first kappa shape index (κ1) is 14.6. The lowest BCUT2D eigenvalue weighted by Gasteiger charge is -2.28. The van der Waals surface area contributed by atoms with Gasteiger partial charge in [-0.2, -0.15) is 0 Å². The average Bonchev–Trinajstić information content (AvgIpc) is 2.70. The zero-order valence-corrected chi connectivity index (χ0v) is 12.7. The van der Waals surface area contributed by atoms with Crippen LogP contribution in [0.4, 0.5) is 4.79 Å². The maximum absolute atomic E-state index is 12.0. The molecule has 98 valence electrons. The van der Waals surface area contributed by atoms with Crippen molar-refractivity contribution in [1.82, 2.24) is 4.90 Å². The fourth-order valence-corrected chi connectivity index (χ4v) is 2.52. The zero-order valence-electron chi connectivity index (χ0n) is 11.1. The fourth-order valence-electron chi connectivity index (χ4n) is 1.64. The lowest BCUT2D eigenvalue weighted by atomic mass is 10.1. The van der Waals surface area contributed by atoms with Crippen molar-refractivity contribution in [2.24, 2.45) is 5.41 Å². The van der Waals surface area contributed by atoms with Crippen LogP contribution in [0.15, 0.2) is 12.7 Å². The van der Waals surface area contributed by atoms with Crippen LogP contribution in [0.2, 0.25) is 0 Å². The number of nitrogens with zero attached hydrogens (tertiary/aromatic N) is 1. The topological polar surface area (TPSA) is 29.5 Å². The number of alkyl halides is 1. The van der Waals surface area contributed by atoms with Crippen LogP contribution in [0, 0.1) is 5.41 Å². The maximum Gasteiger partial charge on any atom is 0.410 e. The van der Waals surface area contributed by atoms with E-state index in [1.165, 1.54) is 0 Å². The SMILES string of the molecule is C=CCN(C[C@]1(C)CC1Br)C(=O)OC(C)(C)C. The Hall–Kier alpha value is -0.510. The second kappa shape index (κ2) is 5.01. The molecule has 0 saturated heterocycles. The quantitative estimate of drug-likeness (QED) is 0.587. The van der Waals surface area contributed by atoms with Gasteiger partial charge in [0.1, 0.15) is 5.60 Å². The molecule has 1 saturated carbocycles. The van der Waals surface area contributed by atoms with E-state index in [1.54, 1.807) is 11.0 Å². The summed E-state index contributed by atoms with van der Waals surface area (Å²) in [6.07, 6.45) is 2.58. The van der Waals surface area contributed by atoms with Crippen molar-refractivity contribution >= 4 is 22.0 Å². The molecule has 1 unspecified atom stereocenters. The first-order chi connectivity index (χ1) is 7.68. The predicted molar refractivity (Wildman–Crippen MR) is 73.4 cm³/mol.